The minimum Gasteiger partial charge on any atom is -0.462 e. The number of rotatable bonds is 6. The maximum Gasteiger partial charge on any atom is 0.339 e. The Labute approximate surface area is 167 Å². The Morgan fingerprint density at radius 3 is 2.41 bits per heavy atom. The predicted molar refractivity (Wildman–Crippen MR) is 108 cm³/mol. The number of pyridine rings is 1. The summed E-state index contributed by atoms with van der Waals surface area (Å²) in [4.78, 5) is 40.6. The first-order chi connectivity index (χ1) is 14.0. The molecule has 3 aromatic rings. The number of hydrogen-bond donors (Lipinski definition) is 1. The Morgan fingerprint density at radius 1 is 0.966 bits per heavy atom. The summed E-state index contributed by atoms with van der Waals surface area (Å²) in [6.07, 6.45) is 0. The molecule has 0 unspecified atom stereocenters. The maximum absolute atomic E-state index is 12.5. The van der Waals surface area contributed by atoms with Gasteiger partial charge in [0.2, 0.25) is 0 Å². The molecule has 0 aliphatic heterocycles. The Bertz CT molecular complexity index is 1060. The molecule has 148 valence electrons. The van der Waals surface area contributed by atoms with Gasteiger partial charge in [-0.2, -0.15) is 0 Å². The quantitative estimate of drug-likeness (QED) is 0.645. The van der Waals surface area contributed by atoms with Crippen molar-refractivity contribution in [3.8, 4) is 0 Å². The number of ether oxygens (including phenoxy) is 2. The largest absolute Gasteiger partial charge is 0.462 e. The molecule has 1 heterocycles. The van der Waals surface area contributed by atoms with Crippen LogP contribution in [0.4, 0.5) is 5.69 Å². The van der Waals surface area contributed by atoms with Crippen molar-refractivity contribution in [3.63, 3.8) is 0 Å². The van der Waals surface area contributed by atoms with E-state index in [0.717, 1.165) is 0 Å². The second kappa shape index (κ2) is 8.97. The fraction of sp³-hybridized carbons (Fsp3) is 0.182. The molecule has 0 saturated heterocycles. The molecule has 0 bridgehead atoms. The maximum atomic E-state index is 12.5. The molecule has 0 saturated carbocycles. The number of hydrogen-bond acceptors (Lipinski definition) is 6. The second-order valence-electron chi connectivity index (χ2n) is 6.25. The van der Waals surface area contributed by atoms with Crippen molar-refractivity contribution in [1.29, 1.82) is 0 Å². The summed E-state index contributed by atoms with van der Waals surface area (Å²) >= 11 is 0. The van der Waals surface area contributed by atoms with Crippen LogP contribution >= 0.6 is 0 Å². The van der Waals surface area contributed by atoms with Gasteiger partial charge in [0.05, 0.1) is 23.3 Å². The number of aromatic nitrogens is 1. The Balaban J connectivity index is 1.61. The first kappa shape index (κ1) is 20.0. The highest BCUT2D eigenvalue weighted by molar-refractivity contribution is 6.04. The van der Waals surface area contributed by atoms with Crippen LogP contribution in [0.5, 0.6) is 0 Å². The van der Waals surface area contributed by atoms with Crippen LogP contribution in [0, 0.1) is 6.92 Å². The zero-order chi connectivity index (χ0) is 20.8. The third-order valence-corrected chi connectivity index (χ3v) is 4.08. The van der Waals surface area contributed by atoms with E-state index in [-0.39, 0.29) is 6.61 Å². The topological polar surface area (TPSA) is 94.6 Å². The summed E-state index contributed by atoms with van der Waals surface area (Å²) in [7, 11) is 0. The van der Waals surface area contributed by atoms with Crippen molar-refractivity contribution < 1.29 is 23.9 Å². The van der Waals surface area contributed by atoms with Crippen LogP contribution in [-0.4, -0.2) is 36.0 Å². The van der Waals surface area contributed by atoms with E-state index in [4.69, 9.17) is 9.47 Å². The number of anilines is 1. The lowest BCUT2D eigenvalue weighted by Crippen LogP contribution is -2.21. The third-order valence-electron chi connectivity index (χ3n) is 4.08. The van der Waals surface area contributed by atoms with Gasteiger partial charge in [0.25, 0.3) is 5.91 Å². The number of para-hydroxylation sites is 1. The van der Waals surface area contributed by atoms with Crippen LogP contribution in [-0.2, 0) is 14.3 Å². The number of aryl methyl sites for hydroxylation is 1. The van der Waals surface area contributed by atoms with E-state index in [0.29, 0.717) is 33.4 Å². The molecule has 1 aromatic heterocycles. The fourth-order valence-electron chi connectivity index (χ4n) is 2.79. The molecule has 0 atom stereocenters. The van der Waals surface area contributed by atoms with Crippen molar-refractivity contribution >= 4 is 34.4 Å². The molecule has 3 rings (SSSR count). The van der Waals surface area contributed by atoms with Gasteiger partial charge in [-0.3, -0.25) is 9.78 Å². The van der Waals surface area contributed by atoms with Gasteiger partial charge in [-0.1, -0.05) is 18.2 Å². The van der Waals surface area contributed by atoms with E-state index in [1.807, 2.05) is 18.2 Å². The molecular weight excluding hydrogens is 372 g/mol. The molecule has 0 aliphatic rings. The van der Waals surface area contributed by atoms with Crippen molar-refractivity contribution in [2.75, 3.05) is 18.5 Å². The van der Waals surface area contributed by atoms with Crippen LogP contribution in [0.1, 0.15) is 33.3 Å². The number of esters is 2. The lowest BCUT2D eigenvalue weighted by atomic mass is 10.1. The van der Waals surface area contributed by atoms with Gasteiger partial charge in [-0.15, -0.1) is 0 Å². The average Bonchev–Trinajstić information content (AvgIpc) is 2.72. The zero-order valence-electron chi connectivity index (χ0n) is 16.1. The Hall–Kier alpha value is -3.74. The van der Waals surface area contributed by atoms with E-state index in [9.17, 15) is 14.4 Å². The highest BCUT2D eigenvalue weighted by atomic mass is 16.5. The van der Waals surface area contributed by atoms with Crippen LogP contribution in [0.2, 0.25) is 0 Å². The molecule has 1 amide bonds. The first-order valence-electron chi connectivity index (χ1n) is 9.08. The van der Waals surface area contributed by atoms with E-state index in [1.165, 1.54) is 0 Å². The SMILES string of the molecule is CCOC(=O)c1ccc(NC(=O)COC(=O)c2cc(C)nc3ccccc23)cc1. The minimum atomic E-state index is -0.598. The molecule has 0 radical (unpaired) electrons. The summed E-state index contributed by atoms with van der Waals surface area (Å²) in [5.74, 6) is -1.52. The van der Waals surface area contributed by atoms with E-state index in [2.05, 4.69) is 10.3 Å². The first-order valence-corrected chi connectivity index (χ1v) is 9.08. The molecule has 29 heavy (non-hydrogen) atoms. The van der Waals surface area contributed by atoms with Gasteiger partial charge in [0.1, 0.15) is 0 Å². The summed E-state index contributed by atoms with van der Waals surface area (Å²) in [6.45, 7) is 3.36. The molecule has 7 nitrogen and oxygen atoms in total. The summed E-state index contributed by atoms with van der Waals surface area (Å²) in [5.41, 5.74) is 2.59. The van der Waals surface area contributed by atoms with Crippen molar-refractivity contribution in [2.24, 2.45) is 0 Å². The molecule has 7 heteroatoms. The zero-order valence-corrected chi connectivity index (χ0v) is 16.1. The van der Waals surface area contributed by atoms with Gasteiger partial charge in [0.15, 0.2) is 6.61 Å². The Kier molecular flexibility index (Phi) is 6.19. The van der Waals surface area contributed by atoms with Gasteiger partial charge in [0, 0.05) is 16.8 Å². The number of nitrogens with one attached hydrogen (secondary N) is 1. The van der Waals surface area contributed by atoms with Gasteiger partial charge < -0.3 is 14.8 Å². The van der Waals surface area contributed by atoms with Gasteiger partial charge in [-0.25, -0.2) is 9.59 Å². The van der Waals surface area contributed by atoms with Crippen LogP contribution in [0.15, 0.2) is 54.6 Å². The van der Waals surface area contributed by atoms with Gasteiger partial charge in [-0.05, 0) is 50.2 Å². The van der Waals surface area contributed by atoms with Crippen molar-refractivity contribution in [2.45, 2.75) is 13.8 Å². The molecule has 0 aliphatic carbocycles. The standard InChI is InChI=1S/C22H20N2O5/c1-3-28-21(26)15-8-10-16(11-9-15)24-20(25)13-29-22(27)18-12-14(2)23-19-7-5-4-6-17(18)19/h4-12H,3,13H2,1-2H3,(H,24,25). The molecular formula is C22H20N2O5. The van der Waals surface area contributed by atoms with Crippen molar-refractivity contribution in [1.82, 2.24) is 4.98 Å². The summed E-state index contributed by atoms with van der Waals surface area (Å²) in [6, 6.07) is 15.1. The summed E-state index contributed by atoms with van der Waals surface area (Å²) < 4.78 is 10.1. The van der Waals surface area contributed by atoms with E-state index < -0.39 is 24.5 Å². The predicted octanol–water partition coefficient (Wildman–Crippen LogP) is 3.52. The van der Waals surface area contributed by atoms with Crippen LogP contribution in [0.25, 0.3) is 10.9 Å². The van der Waals surface area contributed by atoms with Crippen LogP contribution < -0.4 is 5.32 Å². The third kappa shape index (κ3) is 4.95. The highest BCUT2D eigenvalue weighted by Crippen LogP contribution is 2.19. The molecule has 0 spiro atoms. The monoisotopic (exact) mass is 392 g/mol. The lowest BCUT2D eigenvalue weighted by Gasteiger charge is -2.09. The minimum absolute atomic E-state index is 0.287. The number of carbonyl (C=O) groups is 3. The van der Waals surface area contributed by atoms with E-state index >= 15 is 0 Å². The van der Waals surface area contributed by atoms with Crippen LogP contribution in [0.3, 0.4) is 0 Å². The Morgan fingerprint density at radius 2 is 1.69 bits per heavy atom. The summed E-state index contributed by atoms with van der Waals surface area (Å²) in [5, 5.41) is 3.28. The number of nitrogens with zero attached hydrogens (tertiary/aromatic N) is 1. The van der Waals surface area contributed by atoms with Gasteiger partial charge >= 0.3 is 11.9 Å². The number of fused-ring (bicyclic) bond motifs is 1. The average molecular weight is 392 g/mol. The molecule has 1 N–H and O–H groups in total. The lowest BCUT2D eigenvalue weighted by molar-refractivity contribution is -0.119. The highest BCUT2D eigenvalue weighted by Gasteiger charge is 2.15. The molecule has 2 aromatic carbocycles. The van der Waals surface area contributed by atoms with E-state index in [1.54, 1.807) is 50.2 Å². The second-order valence-corrected chi connectivity index (χ2v) is 6.25. The number of amides is 1. The smallest absolute Gasteiger partial charge is 0.339 e. The number of carbonyl (C=O) groups excluding carboxylic acids is 3. The number of benzene rings is 2. The normalized spacial score (nSPS) is 10.4. The van der Waals surface area contributed by atoms with Crippen molar-refractivity contribution in [3.05, 3.63) is 71.4 Å². The fourth-order valence-corrected chi connectivity index (χ4v) is 2.79. The molecule has 0 fully saturated rings.